The molecule has 23 heavy (non-hydrogen) atoms. The van der Waals surface area contributed by atoms with E-state index in [-0.39, 0.29) is 16.8 Å². The van der Waals surface area contributed by atoms with Crippen molar-refractivity contribution >= 4 is 16.0 Å². The highest BCUT2D eigenvalue weighted by Crippen LogP contribution is 2.29. The van der Waals surface area contributed by atoms with Crippen LogP contribution in [0, 0.1) is 17.7 Å². The fourth-order valence-electron chi connectivity index (χ4n) is 2.82. The molecule has 0 amide bonds. The zero-order chi connectivity index (χ0) is 16.9. The fraction of sp³-hybridized carbons (Fsp3) is 0.533. The second-order valence-corrected chi connectivity index (χ2v) is 7.67. The average Bonchev–Trinajstić information content (AvgIpc) is 2.52. The van der Waals surface area contributed by atoms with Crippen LogP contribution in [0.4, 0.5) is 4.39 Å². The summed E-state index contributed by atoms with van der Waals surface area (Å²) in [6.45, 7) is 0.946. The second kappa shape index (κ2) is 7.74. The van der Waals surface area contributed by atoms with Gasteiger partial charge in [-0.05, 0) is 49.7 Å². The first-order valence-electron chi connectivity index (χ1n) is 7.68. The molecule has 2 rings (SSSR count). The van der Waals surface area contributed by atoms with Gasteiger partial charge in [-0.25, -0.2) is 17.5 Å². The van der Waals surface area contributed by atoms with Crippen molar-refractivity contribution in [2.75, 3.05) is 13.1 Å². The summed E-state index contributed by atoms with van der Waals surface area (Å²) in [5, 5.41) is 0. The minimum absolute atomic E-state index is 0.102. The van der Waals surface area contributed by atoms with Crippen molar-refractivity contribution < 1.29 is 12.8 Å². The van der Waals surface area contributed by atoms with Gasteiger partial charge in [0.05, 0.1) is 0 Å². The minimum atomic E-state index is -3.81. The highest BCUT2D eigenvalue weighted by atomic mass is 32.2. The summed E-state index contributed by atoms with van der Waals surface area (Å²) in [6, 6.07) is 5.38. The topological polar surface area (TPSA) is 111 Å². The van der Waals surface area contributed by atoms with Gasteiger partial charge in [-0.2, -0.15) is 0 Å². The van der Waals surface area contributed by atoms with Crippen molar-refractivity contribution in [3.8, 4) is 0 Å². The molecule has 8 heteroatoms. The quantitative estimate of drug-likeness (QED) is 0.532. The molecule has 5 N–H and O–H groups in total. The molecular formula is C15H23FN4O2S. The van der Waals surface area contributed by atoms with Gasteiger partial charge in [-0.1, -0.05) is 12.1 Å². The van der Waals surface area contributed by atoms with Crippen LogP contribution in [0.1, 0.15) is 25.7 Å². The van der Waals surface area contributed by atoms with E-state index in [0.717, 1.165) is 31.7 Å². The monoisotopic (exact) mass is 342 g/mol. The van der Waals surface area contributed by atoms with Gasteiger partial charge in [0.1, 0.15) is 10.7 Å². The number of benzene rings is 1. The normalized spacial score (nSPS) is 21.8. The van der Waals surface area contributed by atoms with Crippen molar-refractivity contribution in [1.29, 1.82) is 0 Å². The van der Waals surface area contributed by atoms with E-state index in [2.05, 4.69) is 9.71 Å². The van der Waals surface area contributed by atoms with Gasteiger partial charge < -0.3 is 11.5 Å². The Bertz CT molecular complexity index is 651. The molecule has 1 aliphatic carbocycles. The number of rotatable bonds is 6. The molecule has 0 unspecified atom stereocenters. The summed E-state index contributed by atoms with van der Waals surface area (Å²) in [5.74, 6) is 0.0641. The van der Waals surface area contributed by atoms with Crippen LogP contribution in [-0.4, -0.2) is 27.5 Å². The van der Waals surface area contributed by atoms with Crippen LogP contribution < -0.4 is 16.2 Å². The Balaban J connectivity index is 1.83. The summed E-state index contributed by atoms with van der Waals surface area (Å²) in [4.78, 5) is 3.72. The summed E-state index contributed by atoms with van der Waals surface area (Å²) in [5.41, 5.74) is 10.6. The van der Waals surface area contributed by atoms with Crippen molar-refractivity contribution in [2.45, 2.75) is 30.6 Å². The number of nitrogens with one attached hydrogen (secondary N) is 1. The maximum Gasteiger partial charge on any atom is 0.243 e. The Morgan fingerprint density at radius 3 is 2.39 bits per heavy atom. The number of nitrogens with two attached hydrogens (primary N) is 2. The fourth-order valence-corrected chi connectivity index (χ4v) is 4.01. The predicted molar refractivity (Wildman–Crippen MR) is 87.7 cm³/mol. The van der Waals surface area contributed by atoms with E-state index in [1.54, 1.807) is 0 Å². The lowest BCUT2D eigenvalue weighted by molar-refractivity contribution is 0.280. The van der Waals surface area contributed by atoms with E-state index in [9.17, 15) is 12.8 Å². The Hall–Kier alpha value is -1.67. The lowest BCUT2D eigenvalue weighted by Crippen LogP contribution is -2.32. The van der Waals surface area contributed by atoms with E-state index in [1.807, 2.05) is 0 Å². The highest BCUT2D eigenvalue weighted by Gasteiger charge is 2.24. The zero-order valence-corrected chi connectivity index (χ0v) is 13.7. The summed E-state index contributed by atoms with van der Waals surface area (Å²) in [7, 11) is -3.81. The van der Waals surface area contributed by atoms with Gasteiger partial charge in [0.25, 0.3) is 0 Å². The standard InChI is InChI=1S/C15H23FN4O2S/c16-13-3-1-2-4-14(13)23(21,22)20-10-12-7-5-11(6-8-12)9-19-15(17)18/h1-4,11-12,20H,5-10H2,(H4,17,18,19). The van der Waals surface area contributed by atoms with E-state index in [4.69, 9.17) is 11.5 Å². The largest absolute Gasteiger partial charge is 0.370 e. The molecule has 0 aliphatic heterocycles. The van der Waals surface area contributed by atoms with Crippen LogP contribution in [0.3, 0.4) is 0 Å². The average molecular weight is 342 g/mol. The third kappa shape index (κ3) is 5.18. The first kappa shape index (κ1) is 17.7. The lowest BCUT2D eigenvalue weighted by Gasteiger charge is -2.27. The van der Waals surface area contributed by atoms with Crippen molar-refractivity contribution in [1.82, 2.24) is 4.72 Å². The molecule has 0 spiro atoms. The predicted octanol–water partition coefficient (Wildman–Crippen LogP) is 1.18. The molecule has 0 aromatic heterocycles. The number of sulfonamides is 1. The van der Waals surface area contributed by atoms with Gasteiger partial charge in [-0.15, -0.1) is 0 Å². The van der Waals surface area contributed by atoms with Crippen molar-refractivity contribution in [2.24, 2.45) is 28.3 Å². The van der Waals surface area contributed by atoms with Crippen LogP contribution in [-0.2, 0) is 10.0 Å². The maximum atomic E-state index is 13.6. The molecule has 1 fully saturated rings. The van der Waals surface area contributed by atoms with Gasteiger partial charge in [0, 0.05) is 13.1 Å². The van der Waals surface area contributed by atoms with Gasteiger partial charge in [0.2, 0.25) is 10.0 Å². The summed E-state index contributed by atoms with van der Waals surface area (Å²) in [6.07, 6.45) is 3.74. The lowest BCUT2D eigenvalue weighted by atomic mass is 9.82. The van der Waals surface area contributed by atoms with E-state index < -0.39 is 15.8 Å². The zero-order valence-electron chi connectivity index (χ0n) is 12.9. The molecule has 6 nitrogen and oxygen atoms in total. The molecule has 128 valence electrons. The molecule has 1 aromatic rings. The molecule has 1 aromatic carbocycles. The highest BCUT2D eigenvalue weighted by molar-refractivity contribution is 7.89. The molecule has 0 radical (unpaired) electrons. The summed E-state index contributed by atoms with van der Waals surface area (Å²) >= 11 is 0. The first-order chi connectivity index (χ1) is 10.9. The SMILES string of the molecule is NC(N)=NCC1CCC(CNS(=O)(=O)c2ccccc2F)CC1. The Kier molecular flexibility index (Phi) is 5.95. The first-order valence-corrected chi connectivity index (χ1v) is 9.16. The molecule has 0 saturated heterocycles. The van der Waals surface area contributed by atoms with Crippen LogP contribution in [0.2, 0.25) is 0 Å². The number of nitrogens with zero attached hydrogens (tertiary/aromatic N) is 1. The van der Waals surface area contributed by atoms with Gasteiger partial charge in [-0.3, -0.25) is 4.99 Å². The smallest absolute Gasteiger partial charge is 0.243 e. The molecule has 0 heterocycles. The van der Waals surface area contributed by atoms with Crippen molar-refractivity contribution in [3.63, 3.8) is 0 Å². The molecule has 1 aliphatic rings. The van der Waals surface area contributed by atoms with Crippen LogP contribution in [0.25, 0.3) is 0 Å². The number of halogens is 1. The van der Waals surface area contributed by atoms with Gasteiger partial charge >= 0.3 is 0 Å². The number of guanidine groups is 1. The van der Waals surface area contributed by atoms with E-state index >= 15 is 0 Å². The molecule has 1 saturated carbocycles. The Morgan fingerprint density at radius 1 is 1.17 bits per heavy atom. The third-order valence-electron chi connectivity index (χ3n) is 4.19. The number of aliphatic imine (C=N–C) groups is 1. The Labute approximate surface area is 136 Å². The molecular weight excluding hydrogens is 319 g/mol. The van der Waals surface area contributed by atoms with E-state index in [0.29, 0.717) is 19.0 Å². The van der Waals surface area contributed by atoms with E-state index in [1.165, 1.54) is 18.2 Å². The number of hydrogen-bond donors (Lipinski definition) is 3. The molecule has 0 bridgehead atoms. The van der Waals surface area contributed by atoms with Crippen LogP contribution in [0.15, 0.2) is 34.2 Å². The minimum Gasteiger partial charge on any atom is -0.370 e. The Morgan fingerprint density at radius 2 is 1.78 bits per heavy atom. The van der Waals surface area contributed by atoms with Crippen LogP contribution >= 0.6 is 0 Å². The maximum absolute atomic E-state index is 13.6. The van der Waals surface area contributed by atoms with Gasteiger partial charge in [0.15, 0.2) is 5.96 Å². The summed E-state index contributed by atoms with van der Waals surface area (Å²) < 4.78 is 40.4. The number of hydrogen-bond acceptors (Lipinski definition) is 3. The second-order valence-electron chi connectivity index (χ2n) is 5.93. The molecule has 0 atom stereocenters. The van der Waals surface area contributed by atoms with Crippen LogP contribution in [0.5, 0.6) is 0 Å². The third-order valence-corrected chi connectivity index (χ3v) is 5.64. The van der Waals surface area contributed by atoms with Crippen molar-refractivity contribution in [3.05, 3.63) is 30.1 Å².